The van der Waals surface area contributed by atoms with E-state index in [2.05, 4.69) is 10.3 Å². The van der Waals surface area contributed by atoms with Crippen molar-refractivity contribution in [2.45, 2.75) is 27.2 Å². The number of carbonyl (C=O) groups is 2. The normalized spacial score (nSPS) is 10.6. The molecule has 0 bridgehead atoms. The van der Waals surface area contributed by atoms with Crippen molar-refractivity contribution in [1.82, 2.24) is 9.88 Å². The first kappa shape index (κ1) is 20.3. The van der Waals surface area contributed by atoms with Gasteiger partial charge >= 0.3 is 0 Å². The minimum atomic E-state index is -0.236. The maximum atomic E-state index is 12.6. The number of nitrogens with one attached hydrogen (secondary N) is 1. The maximum Gasteiger partial charge on any atom is 0.243 e. The summed E-state index contributed by atoms with van der Waals surface area (Å²) in [4.78, 5) is 30.9. The van der Waals surface area contributed by atoms with E-state index >= 15 is 0 Å². The molecule has 0 unspecified atom stereocenters. The van der Waals surface area contributed by atoms with Gasteiger partial charge in [0.2, 0.25) is 17.7 Å². The van der Waals surface area contributed by atoms with Gasteiger partial charge in [0.1, 0.15) is 5.76 Å². The molecule has 2 aromatic carbocycles. The van der Waals surface area contributed by atoms with Crippen molar-refractivity contribution in [2.75, 3.05) is 18.9 Å². The van der Waals surface area contributed by atoms with Crippen LogP contribution in [0.2, 0.25) is 0 Å². The molecule has 0 spiro atoms. The molecule has 6 nitrogen and oxygen atoms in total. The minimum Gasteiger partial charge on any atom is -0.441 e. The van der Waals surface area contributed by atoms with E-state index in [1.807, 2.05) is 62.4 Å². The fraction of sp³-hybridized carbons (Fsp3) is 0.261. The van der Waals surface area contributed by atoms with Crippen LogP contribution in [0.4, 0.5) is 5.69 Å². The molecule has 150 valence electrons. The molecule has 0 aliphatic rings. The molecule has 0 fully saturated rings. The Balaban J connectivity index is 1.62. The van der Waals surface area contributed by atoms with Gasteiger partial charge in [0, 0.05) is 18.3 Å². The summed E-state index contributed by atoms with van der Waals surface area (Å²) in [7, 11) is 1.61. The Labute approximate surface area is 170 Å². The van der Waals surface area contributed by atoms with E-state index in [1.54, 1.807) is 14.0 Å². The van der Waals surface area contributed by atoms with E-state index in [9.17, 15) is 9.59 Å². The lowest BCUT2D eigenvalue weighted by molar-refractivity contribution is -0.132. The number of carbonyl (C=O) groups excluding carboxylic acids is 2. The van der Waals surface area contributed by atoms with Gasteiger partial charge in [-0.25, -0.2) is 4.98 Å². The third-order valence-corrected chi connectivity index (χ3v) is 4.78. The predicted octanol–water partition coefficient (Wildman–Crippen LogP) is 3.91. The molecule has 0 aliphatic carbocycles. The first-order valence-electron chi connectivity index (χ1n) is 9.47. The van der Waals surface area contributed by atoms with Gasteiger partial charge in [-0.1, -0.05) is 36.4 Å². The lowest BCUT2D eigenvalue weighted by Gasteiger charge is -2.18. The highest BCUT2D eigenvalue weighted by Crippen LogP contribution is 2.22. The first-order chi connectivity index (χ1) is 13.8. The molecule has 2 amide bonds. The highest BCUT2D eigenvalue weighted by molar-refractivity contribution is 5.95. The summed E-state index contributed by atoms with van der Waals surface area (Å²) in [6.07, 6.45) is 0.0787. The Hall–Kier alpha value is -3.41. The summed E-state index contributed by atoms with van der Waals surface area (Å²) in [6.45, 7) is 5.63. The van der Waals surface area contributed by atoms with Crippen molar-refractivity contribution in [1.29, 1.82) is 0 Å². The topological polar surface area (TPSA) is 75.4 Å². The van der Waals surface area contributed by atoms with Crippen LogP contribution in [-0.2, 0) is 16.0 Å². The van der Waals surface area contributed by atoms with Crippen LogP contribution in [0.3, 0.4) is 0 Å². The molecule has 1 aromatic heterocycles. The molecule has 0 atom stereocenters. The third kappa shape index (κ3) is 4.90. The zero-order valence-corrected chi connectivity index (χ0v) is 17.2. The third-order valence-electron chi connectivity index (χ3n) is 4.78. The number of amides is 2. The highest BCUT2D eigenvalue weighted by atomic mass is 16.4. The smallest absolute Gasteiger partial charge is 0.243 e. The van der Waals surface area contributed by atoms with Crippen molar-refractivity contribution < 1.29 is 14.0 Å². The summed E-state index contributed by atoms with van der Waals surface area (Å²) >= 11 is 0. The van der Waals surface area contributed by atoms with Gasteiger partial charge < -0.3 is 14.6 Å². The second-order valence-electron chi connectivity index (χ2n) is 7.13. The fourth-order valence-corrected chi connectivity index (χ4v) is 3.07. The van der Waals surface area contributed by atoms with Crippen molar-refractivity contribution in [3.05, 3.63) is 71.1 Å². The van der Waals surface area contributed by atoms with Crippen LogP contribution in [0.5, 0.6) is 0 Å². The maximum absolute atomic E-state index is 12.6. The largest absolute Gasteiger partial charge is 0.441 e. The number of anilines is 1. The molecule has 6 heteroatoms. The van der Waals surface area contributed by atoms with Crippen LogP contribution in [0, 0.1) is 20.8 Å². The Bertz CT molecular complexity index is 1000. The van der Waals surface area contributed by atoms with Gasteiger partial charge in [0.05, 0.1) is 18.7 Å². The Kier molecular flexibility index (Phi) is 6.12. The van der Waals surface area contributed by atoms with E-state index in [0.717, 1.165) is 22.4 Å². The lowest BCUT2D eigenvalue weighted by atomic mass is 10.1. The zero-order valence-electron chi connectivity index (χ0n) is 17.2. The molecule has 0 aliphatic heterocycles. The standard InChI is InChI=1S/C23H25N3O3/c1-15-9-8-10-16(2)22(15)25-20(27)14-26(4)21(28)13-19-17(3)29-23(24-19)18-11-6-5-7-12-18/h5-12H,13-14H2,1-4H3,(H,25,27). The van der Waals surface area contributed by atoms with E-state index in [4.69, 9.17) is 4.42 Å². The summed E-state index contributed by atoms with van der Waals surface area (Å²) < 4.78 is 5.71. The minimum absolute atomic E-state index is 0.0327. The van der Waals surface area contributed by atoms with Crippen molar-refractivity contribution in [3.63, 3.8) is 0 Å². The molecule has 0 radical (unpaired) electrons. The fourth-order valence-electron chi connectivity index (χ4n) is 3.07. The number of aryl methyl sites for hydroxylation is 3. The molecular weight excluding hydrogens is 366 g/mol. The first-order valence-corrected chi connectivity index (χ1v) is 9.47. The molecule has 3 rings (SSSR count). The summed E-state index contributed by atoms with van der Waals surface area (Å²) in [5.74, 6) is 0.657. The monoisotopic (exact) mass is 391 g/mol. The van der Waals surface area contributed by atoms with Gasteiger partial charge in [0.15, 0.2) is 0 Å². The van der Waals surface area contributed by atoms with Crippen LogP contribution in [0.25, 0.3) is 11.5 Å². The summed E-state index contributed by atoms with van der Waals surface area (Å²) in [5.41, 5.74) is 4.20. The number of likely N-dealkylation sites (N-methyl/N-ethyl adjacent to an activating group) is 1. The van der Waals surface area contributed by atoms with Gasteiger partial charge in [0.25, 0.3) is 0 Å². The Morgan fingerprint density at radius 3 is 2.31 bits per heavy atom. The van der Waals surface area contributed by atoms with Crippen molar-refractivity contribution in [2.24, 2.45) is 0 Å². The van der Waals surface area contributed by atoms with E-state index in [1.165, 1.54) is 4.90 Å². The molecule has 1 N–H and O–H groups in total. The SMILES string of the molecule is Cc1cccc(C)c1NC(=O)CN(C)C(=O)Cc1nc(-c2ccccc2)oc1C. The lowest BCUT2D eigenvalue weighted by Crippen LogP contribution is -2.36. The molecular formula is C23H25N3O3. The van der Waals surface area contributed by atoms with Gasteiger partial charge in [-0.05, 0) is 44.0 Å². The number of aromatic nitrogens is 1. The Morgan fingerprint density at radius 2 is 1.66 bits per heavy atom. The molecule has 3 aromatic rings. The summed E-state index contributed by atoms with van der Waals surface area (Å²) in [5, 5.41) is 2.90. The number of para-hydroxylation sites is 1. The second kappa shape index (κ2) is 8.73. The number of hydrogen-bond donors (Lipinski definition) is 1. The van der Waals surface area contributed by atoms with E-state index < -0.39 is 0 Å². The molecule has 0 saturated carbocycles. The van der Waals surface area contributed by atoms with Crippen LogP contribution >= 0.6 is 0 Å². The quantitative estimate of drug-likeness (QED) is 0.691. The number of benzene rings is 2. The summed E-state index contributed by atoms with van der Waals surface area (Å²) in [6, 6.07) is 15.4. The van der Waals surface area contributed by atoms with Crippen molar-refractivity contribution >= 4 is 17.5 Å². The van der Waals surface area contributed by atoms with Crippen molar-refractivity contribution in [3.8, 4) is 11.5 Å². The number of rotatable bonds is 6. The van der Waals surface area contributed by atoms with Crippen LogP contribution in [0.1, 0.15) is 22.6 Å². The van der Waals surface area contributed by atoms with Crippen LogP contribution in [-0.4, -0.2) is 35.3 Å². The number of nitrogens with zero attached hydrogens (tertiary/aromatic N) is 2. The van der Waals surface area contributed by atoms with Crippen LogP contribution in [0.15, 0.2) is 52.9 Å². The van der Waals surface area contributed by atoms with E-state index in [0.29, 0.717) is 17.3 Å². The highest BCUT2D eigenvalue weighted by Gasteiger charge is 2.19. The van der Waals surface area contributed by atoms with E-state index in [-0.39, 0.29) is 24.8 Å². The molecule has 1 heterocycles. The van der Waals surface area contributed by atoms with Gasteiger partial charge in [-0.15, -0.1) is 0 Å². The second-order valence-corrected chi connectivity index (χ2v) is 7.13. The average Bonchev–Trinajstić information content (AvgIpc) is 3.06. The van der Waals surface area contributed by atoms with Gasteiger partial charge in [-0.2, -0.15) is 0 Å². The molecule has 29 heavy (non-hydrogen) atoms. The number of hydrogen-bond acceptors (Lipinski definition) is 4. The van der Waals surface area contributed by atoms with Gasteiger partial charge in [-0.3, -0.25) is 9.59 Å². The predicted molar refractivity (Wildman–Crippen MR) is 113 cm³/mol. The zero-order chi connectivity index (χ0) is 21.0. The number of oxazole rings is 1. The Morgan fingerprint density at radius 1 is 1.00 bits per heavy atom. The average molecular weight is 391 g/mol. The molecule has 0 saturated heterocycles. The van der Waals surface area contributed by atoms with Crippen LogP contribution < -0.4 is 5.32 Å².